The molecule has 1 aliphatic rings. The highest BCUT2D eigenvalue weighted by atomic mass is 32.2. The smallest absolute Gasteiger partial charge is 0.266 e. The normalized spacial score (nSPS) is 15.9. The minimum Gasteiger partial charge on any atom is -0.383 e. The molecule has 1 saturated heterocycles. The van der Waals surface area contributed by atoms with Gasteiger partial charge in [-0.1, -0.05) is 72.8 Å². The van der Waals surface area contributed by atoms with Crippen LogP contribution in [0.1, 0.15) is 11.1 Å². The van der Waals surface area contributed by atoms with Gasteiger partial charge in [-0.05, 0) is 58.4 Å². The monoisotopic (exact) mass is 517 g/mol. The van der Waals surface area contributed by atoms with Crippen molar-refractivity contribution in [3.63, 3.8) is 0 Å². The first-order valence-electron chi connectivity index (χ1n) is 12.6. The topological polar surface area (TPSA) is 46.8 Å². The van der Waals surface area contributed by atoms with Crippen LogP contribution in [0.4, 0.5) is 5.69 Å². The van der Waals surface area contributed by atoms with E-state index in [1.807, 2.05) is 42.5 Å². The maximum Gasteiger partial charge on any atom is 0.266 e. The first-order chi connectivity index (χ1) is 18.7. The Balaban J connectivity index is 1.36. The van der Waals surface area contributed by atoms with Crippen LogP contribution in [-0.2, 0) is 16.1 Å². The van der Waals surface area contributed by atoms with Gasteiger partial charge in [-0.2, -0.15) is 0 Å². The van der Waals surface area contributed by atoms with Crippen molar-refractivity contribution in [1.82, 2.24) is 9.47 Å². The quantitative estimate of drug-likeness (QED) is 0.217. The number of methoxy groups -OCH3 is 1. The molecular weight excluding hydrogens is 490 g/mol. The second kappa shape index (κ2) is 10.7. The third-order valence-electron chi connectivity index (χ3n) is 6.66. The Bertz CT molecular complexity index is 1690. The summed E-state index contributed by atoms with van der Waals surface area (Å²) >= 11 is 1.41. The van der Waals surface area contributed by atoms with Crippen molar-refractivity contribution >= 4 is 56.3 Å². The molecule has 2 heterocycles. The number of aliphatic imine (C=N–C) groups is 1. The van der Waals surface area contributed by atoms with Crippen LogP contribution in [0, 0.1) is 0 Å². The van der Waals surface area contributed by atoms with Gasteiger partial charge < -0.3 is 9.30 Å². The van der Waals surface area contributed by atoms with Crippen LogP contribution in [-0.4, -0.2) is 40.8 Å². The maximum atomic E-state index is 13.5. The molecule has 1 amide bonds. The van der Waals surface area contributed by atoms with Crippen molar-refractivity contribution in [3.05, 3.63) is 119 Å². The zero-order chi connectivity index (χ0) is 25.9. The van der Waals surface area contributed by atoms with E-state index in [0.29, 0.717) is 23.2 Å². The lowest BCUT2D eigenvalue weighted by molar-refractivity contribution is -0.122. The van der Waals surface area contributed by atoms with Gasteiger partial charge in [0, 0.05) is 36.3 Å². The molecule has 4 aromatic carbocycles. The Kier molecular flexibility index (Phi) is 6.82. The van der Waals surface area contributed by atoms with Crippen LogP contribution in [0.15, 0.2) is 113 Å². The number of aromatic nitrogens is 1. The van der Waals surface area contributed by atoms with E-state index in [0.717, 1.165) is 28.7 Å². The van der Waals surface area contributed by atoms with Gasteiger partial charge in [-0.15, -0.1) is 0 Å². The van der Waals surface area contributed by atoms with Crippen molar-refractivity contribution in [1.29, 1.82) is 0 Å². The summed E-state index contributed by atoms with van der Waals surface area (Å²) in [5.74, 6) is -0.0481. The number of rotatable bonds is 7. The molecule has 188 valence electrons. The molecule has 0 atom stereocenters. The summed E-state index contributed by atoms with van der Waals surface area (Å²) in [6.07, 6.45) is 4.14. The van der Waals surface area contributed by atoms with Crippen LogP contribution in [0.25, 0.3) is 27.8 Å². The standard InChI is InChI=1S/C32H27N3O2S/c1-37-18-17-35-31(36)30(38-32(35)33-27-11-3-2-4-12-27)20-26-22-34(29-14-8-7-13-28(26)29)21-23-15-16-24-9-5-6-10-25(24)19-23/h2-16,19-20,22H,17-18,21H2,1H3/b30-20-,33-32?. The van der Waals surface area contributed by atoms with E-state index in [-0.39, 0.29) is 5.91 Å². The summed E-state index contributed by atoms with van der Waals surface area (Å²) in [5.41, 5.74) is 4.21. The molecule has 1 aliphatic heterocycles. The number of thioether (sulfide) groups is 1. The predicted molar refractivity (Wildman–Crippen MR) is 158 cm³/mol. The molecule has 5 aromatic rings. The lowest BCUT2D eigenvalue weighted by Crippen LogP contribution is -2.32. The van der Waals surface area contributed by atoms with E-state index in [2.05, 4.69) is 71.4 Å². The fraction of sp³-hybridized carbons (Fsp3) is 0.125. The average molecular weight is 518 g/mol. The van der Waals surface area contributed by atoms with Crippen LogP contribution in [0.3, 0.4) is 0 Å². The SMILES string of the molecule is COCCN1C(=O)/C(=C/c2cn(Cc3ccc4ccccc4c3)c3ccccc23)SC1=Nc1ccccc1. The van der Waals surface area contributed by atoms with E-state index in [1.165, 1.54) is 28.1 Å². The van der Waals surface area contributed by atoms with Crippen LogP contribution >= 0.6 is 11.8 Å². The second-order valence-electron chi connectivity index (χ2n) is 9.20. The number of nitrogens with zero attached hydrogens (tertiary/aromatic N) is 3. The first kappa shape index (κ1) is 24.2. The van der Waals surface area contributed by atoms with Crippen molar-refractivity contribution < 1.29 is 9.53 Å². The molecule has 38 heavy (non-hydrogen) atoms. The second-order valence-corrected chi connectivity index (χ2v) is 10.2. The van der Waals surface area contributed by atoms with E-state index < -0.39 is 0 Å². The highest BCUT2D eigenvalue weighted by Gasteiger charge is 2.33. The number of carbonyl (C=O) groups excluding carboxylic acids is 1. The number of carbonyl (C=O) groups is 1. The lowest BCUT2D eigenvalue weighted by atomic mass is 10.1. The summed E-state index contributed by atoms with van der Waals surface area (Å²) in [6, 6.07) is 33.1. The Morgan fingerprint density at radius 3 is 2.50 bits per heavy atom. The largest absolute Gasteiger partial charge is 0.383 e. The minimum absolute atomic E-state index is 0.0481. The van der Waals surface area contributed by atoms with Crippen LogP contribution in [0.5, 0.6) is 0 Å². The third-order valence-corrected chi connectivity index (χ3v) is 7.67. The fourth-order valence-electron chi connectivity index (χ4n) is 4.78. The van der Waals surface area contributed by atoms with Gasteiger partial charge in [0.15, 0.2) is 5.17 Å². The Labute approximate surface area is 226 Å². The summed E-state index contributed by atoms with van der Waals surface area (Å²) in [5, 5.41) is 4.26. The fourth-order valence-corrected chi connectivity index (χ4v) is 5.80. The zero-order valence-electron chi connectivity index (χ0n) is 21.1. The molecule has 6 rings (SSSR count). The highest BCUT2D eigenvalue weighted by molar-refractivity contribution is 8.18. The summed E-state index contributed by atoms with van der Waals surface area (Å²) < 4.78 is 7.53. The molecule has 0 aliphatic carbocycles. The molecule has 1 fully saturated rings. The van der Waals surface area contributed by atoms with Crippen LogP contribution < -0.4 is 0 Å². The molecule has 0 spiro atoms. The number of benzene rings is 4. The van der Waals surface area contributed by atoms with Crippen molar-refractivity contribution in [2.45, 2.75) is 6.54 Å². The van der Waals surface area contributed by atoms with Crippen LogP contribution in [0.2, 0.25) is 0 Å². The van der Waals surface area contributed by atoms with Gasteiger partial charge in [0.05, 0.1) is 23.7 Å². The molecule has 0 N–H and O–H groups in total. The zero-order valence-corrected chi connectivity index (χ0v) is 21.9. The van der Waals surface area contributed by atoms with E-state index >= 15 is 0 Å². The number of ether oxygens (including phenoxy) is 1. The lowest BCUT2D eigenvalue weighted by Gasteiger charge is -2.14. The van der Waals surface area contributed by atoms with Crippen molar-refractivity contribution in [3.8, 4) is 0 Å². The van der Waals surface area contributed by atoms with E-state index in [1.54, 1.807) is 12.0 Å². The third kappa shape index (κ3) is 4.88. The Morgan fingerprint density at radius 2 is 1.66 bits per heavy atom. The van der Waals surface area contributed by atoms with Gasteiger partial charge in [0.25, 0.3) is 5.91 Å². The van der Waals surface area contributed by atoms with E-state index in [9.17, 15) is 4.79 Å². The first-order valence-corrected chi connectivity index (χ1v) is 13.4. The predicted octanol–water partition coefficient (Wildman–Crippen LogP) is 7.09. The van der Waals surface area contributed by atoms with Gasteiger partial charge in [-0.25, -0.2) is 4.99 Å². The Morgan fingerprint density at radius 1 is 0.895 bits per heavy atom. The summed E-state index contributed by atoms with van der Waals surface area (Å²) in [6.45, 7) is 1.64. The molecule has 0 unspecified atom stereocenters. The number of para-hydroxylation sites is 2. The number of hydrogen-bond donors (Lipinski definition) is 0. The average Bonchev–Trinajstić information content (AvgIpc) is 3.44. The number of fused-ring (bicyclic) bond motifs is 2. The molecule has 0 saturated carbocycles. The molecule has 5 nitrogen and oxygen atoms in total. The number of hydrogen-bond acceptors (Lipinski definition) is 4. The van der Waals surface area contributed by atoms with Gasteiger partial charge >= 0.3 is 0 Å². The molecule has 0 radical (unpaired) electrons. The van der Waals surface area contributed by atoms with Crippen molar-refractivity contribution in [2.75, 3.05) is 20.3 Å². The molecule has 0 bridgehead atoms. The van der Waals surface area contributed by atoms with Gasteiger partial charge in [0.2, 0.25) is 0 Å². The minimum atomic E-state index is -0.0481. The van der Waals surface area contributed by atoms with Gasteiger partial charge in [-0.3, -0.25) is 9.69 Å². The highest BCUT2D eigenvalue weighted by Crippen LogP contribution is 2.35. The van der Waals surface area contributed by atoms with Gasteiger partial charge in [0.1, 0.15) is 0 Å². The molecule has 6 heteroatoms. The van der Waals surface area contributed by atoms with E-state index in [4.69, 9.17) is 9.73 Å². The maximum absolute atomic E-state index is 13.5. The van der Waals surface area contributed by atoms with Crippen molar-refractivity contribution in [2.24, 2.45) is 4.99 Å². The summed E-state index contributed by atoms with van der Waals surface area (Å²) in [7, 11) is 1.64. The molecule has 1 aromatic heterocycles. The Hall–Kier alpha value is -4.13. The molecular formula is C32H27N3O2S. The number of amides is 1. The summed E-state index contributed by atoms with van der Waals surface area (Å²) in [4.78, 5) is 20.6. The number of amidine groups is 1.